The summed E-state index contributed by atoms with van der Waals surface area (Å²) in [6.45, 7) is 7.14. The molecule has 1 unspecified atom stereocenters. The fraction of sp³-hybridized carbons (Fsp3) is 0.727. The molecule has 0 aromatic carbocycles. The Morgan fingerprint density at radius 1 is 1.57 bits per heavy atom. The van der Waals surface area contributed by atoms with Gasteiger partial charge in [0, 0.05) is 13.1 Å². The molecule has 0 saturated carbocycles. The number of hydrogen-bond donors (Lipinski definition) is 1. The van der Waals surface area contributed by atoms with E-state index >= 15 is 0 Å². The second-order valence-electron chi connectivity index (χ2n) is 3.64. The molecule has 3 heteroatoms. The van der Waals surface area contributed by atoms with Gasteiger partial charge in [0.2, 0.25) is 5.91 Å². The van der Waals surface area contributed by atoms with Gasteiger partial charge < -0.3 is 10.6 Å². The molecule has 0 radical (unpaired) electrons. The minimum Gasteiger partial charge on any atom is -0.331 e. The van der Waals surface area contributed by atoms with Gasteiger partial charge in [-0.05, 0) is 20.3 Å². The van der Waals surface area contributed by atoms with Crippen LogP contribution < -0.4 is 5.73 Å². The molecule has 0 aliphatic rings. The zero-order chi connectivity index (χ0) is 11.2. The Kier molecular flexibility index (Phi) is 5.26. The summed E-state index contributed by atoms with van der Waals surface area (Å²) in [6, 6.07) is 0. The van der Waals surface area contributed by atoms with Crippen molar-refractivity contribution in [1.82, 2.24) is 4.90 Å². The average molecular weight is 196 g/mol. The van der Waals surface area contributed by atoms with E-state index in [9.17, 15) is 4.79 Å². The molecule has 0 saturated heterocycles. The van der Waals surface area contributed by atoms with E-state index in [0.717, 1.165) is 6.42 Å². The van der Waals surface area contributed by atoms with Gasteiger partial charge in [0.25, 0.3) is 0 Å². The van der Waals surface area contributed by atoms with Crippen molar-refractivity contribution in [3.63, 3.8) is 0 Å². The van der Waals surface area contributed by atoms with Crippen molar-refractivity contribution < 1.29 is 4.79 Å². The minimum atomic E-state index is -0.465. The van der Waals surface area contributed by atoms with Crippen molar-refractivity contribution in [3.8, 4) is 12.3 Å². The molecule has 0 heterocycles. The number of nitrogens with zero attached hydrogens (tertiary/aromatic N) is 1. The van der Waals surface area contributed by atoms with E-state index < -0.39 is 5.41 Å². The highest BCUT2D eigenvalue weighted by Gasteiger charge is 2.32. The predicted molar refractivity (Wildman–Crippen MR) is 58.5 cm³/mol. The zero-order valence-electron chi connectivity index (χ0n) is 9.34. The molecule has 0 aromatic heterocycles. The Morgan fingerprint density at radius 3 is 2.43 bits per heavy atom. The zero-order valence-corrected chi connectivity index (χ0v) is 9.34. The first-order valence-electron chi connectivity index (χ1n) is 4.98. The molecule has 0 rings (SSSR count). The molecule has 0 bridgehead atoms. The van der Waals surface area contributed by atoms with Crippen LogP contribution in [0.2, 0.25) is 0 Å². The molecular formula is C11H20N2O. The molecular weight excluding hydrogens is 176 g/mol. The highest BCUT2D eigenvalue weighted by molar-refractivity contribution is 5.82. The summed E-state index contributed by atoms with van der Waals surface area (Å²) in [7, 11) is 0. The van der Waals surface area contributed by atoms with Crippen LogP contribution in [0, 0.1) is 17.8 Å². The third-order valence-corrected chi connectivity index (χ3v) is 2.70. The van der Waals surface area contributed by atoms with Crippen molar-refractivity contribution in [3.05, 3.63) is 0 Å². The van der Waals surface area contributed by atoms with Crippen molar-refractivity contribution >= 4 is 5.91 Å². The van der Waals surface area contributed by atoms with Crippen LogP contribution in [0.1, 0.15) is 27.2 Å². The second-order valence-corrected chi connectivity index (χ2v) is 3.64. The predicted octanol–water partition coefficient (Wildman–Crippen LogP) is 0.843. The van der Waals surface area contributed by atoms with Gasteiger partial charge in [-0.15, -0.1) is 6.42 Å². The summed E-state index contributed by atoms with van der Waals surface area (Å²) in [6.07, 6.45) is 5.93. The summed E-state index contributed by atoms with van der Waals surface area (Å²) in [5.74, 6) is 2.54. The molecule has 2 N–H and O–H groups in total. The summed E-state index contributed by atoms with van der Waals surface area (Å²) in [5, 5.41) is 0. The monoisotopic (exact) mass is 196 g/mol. The number of nitrogens with two attached hydrogens (primary N) is 1. The Labute approximate surface area is 86.6 Å². The molecule has 1 amide bonds. The van der Waals surface area contributed by atoms with E-state index in [2.05, 4.69) is 5.92 Å². The second kappa shape index (κ2) is 5.66. The van der Waals surface area contributed by atoms with Crippen molar-refractivity contribution in [2.24, 2.45) is 11.1 Å². The topological polar surface area (TPSA) is 46.3 Å². The Bertz CT molecular complexity index is 226. The normalized spacial score (nSPS) is 14.2. The number of hydrogen-bond acceptors (Lipinski definition) is 2. The van der Waals surface area contributed by atoms with Crippen LogP contribution in [0.25, 0.3) is 0 Å². The van der Waals surface area contributed by atoms with Crippen LogP contribution in [-0.2, 0) is 4.79 Å². The maximum Gasteiger partial charge on any atom is 0.230 e. The lowest BCUT2D eigenvalue weighted by molar-refractivity contribution is -0.140. The summed E-state index contributed by atoms with van der Waals surface area (Å²) in [4.78, 5) is 13.7. The van der Waals surface area contributed by atoms with Crippen molar-refractivity contribution in [1.29, 1.82) is 0 Å². The SMILES string of the molecule is C#CCN(CC)C(=O)C(C)(CC)CN. The van der Waals surface area contributed by atoms with Gasteiger partial charge in [0.1, 0.15) is 0 Å². The van der Waals surface area contributed by atoms with E-state index in [-0.39, 0.29) is 5.91 Å². The summed E-state index contributed by atoms with van der Waals surface area (Å²) < 4.78 is 0. The Balaban J connectivity index is 4.64. The van der Waals surface area contributed by atoms with Crippen LogP contribution in [0.5, 0.6) is 0 Å². The highest BCUT2D eigenvalue weighted by atomic mass is 16.2. The Morgan fingerprint density at radius 2 is 2.14 bits per heavy atom. The molecule has 1 atom stereocenters. The average Bonchev–Trinajstić information content (AvgIpc) is 2.23. The van der Waals surface area contributed by atoms with Gasteiger partial charge in [0.15, 0.2) is 0 Å². The smallest absolute Gasteiger partial charge is 0.230 e. The summed E-state index contributed by atoms with van der Waals surface area (Å²) in [5.41, 5.74) is 5.14. The van der Waals surface area contributed by atoms with Gasteiger partial charge in [0.05, 0.1) is 12.0 Å². The molecule has 0 spiro atoms. The van der Waals surface area contributed by atoms with Gasteiger partial charge in [-0.1, -0.05) is 12.8 Å². The van der Waals surface area contributed by atoms with Crippen LogP contribution in [0.3, 0.4) is 0 Å². The number of terminal acetylenes is 1. The molecule has 14 heavy (non-hydrogen) atoms. The number of amides is 1. The third-order valence-electron chi connectivity index (χ3n) is 2.70. The number of carbonyl (C=O) groups is 1. The molecule has 0 fully saturated rings. The largest absolute Gasteiger partial charge is 0.331 e. The first-order valence-corrected chi connectivity index (χ1v) is 4.98. The van der Waals surface area contributed by atoms with Crippen LogP contribution in [0.15, 0.2) is 0 Å². The minimum absolute atomic E-state index is 0.0583. The van der Waals surface area contributed by atoms with Crippen LogP contribution in [0.4, 0.5) is 0 Å². The quantitative estimate of drug-likeness (QED) is 0.662. The lowest BCUT2D eigenvalue weighted by Crippen LogP contribution is -2.46. The van der Waals surface area contributed by atoms with E-state index in [1.807, 2.05) is 20.8 Å². The standard InChI is InChI=1S/C11H20N2O/c1-5-8-13(7-3)10(14)11(4,6-2)9-12/h1H,6-9,12H2,2-4H3. The third kappa shape index (κ3) is 2.74. The number of carbonyl (C=O) groups excluding carboxylic acids is 1. The maximum absolute atomic E-state index is 12.0. The van der Waals surface area contributed by atoms with Gasteiger partial charge in [-0.2, -0.15) is 0 Å². The summed E-state index contributed by atoms with van der Waals surface area (Å²) >= 11 is 0. The molecule has 0 aliphatic heterocycles. The van der Waals surface area contributed by atoms with Crippen LogP contribution >= 0.6 is 0 Å². The van der Waals surface area contributed by atoms with Gasteiger partial charge >= 0.3 is 0 Å². The van der Waals surface area contributed by atoms with E-state index in [1.165, 1.54) is 0 Å². The maximum atomic E-state index is 12.0. The highest BCUT2D eigenvalue weighted by Crippen LogP contribution is 2.22. The molecule has 0 aromatic rings. The molecule has 0 aliphatic carbocycles. The van der Waals surface area contributed by atoms with Crippen molar-refractivity contribution in [2.45, 2.75) is 27.2 Å². The lowest BCUT2D eigenvalue weighted by atomic mass is 9.86. The van der Waals surface area contributed by atoms with Gasteiger partial charge in [-0.3, -0.25) is 4.79 Å². The fourth-order valence-electron chi connectivity index (χ4n) is 1.20. The fourth-order valence-corrected chi connectivity index (χ4v) is 1.20. The molecule has 3 nitrogen and oxygen atoms in total. The van der Waals surface area contributed by atoms with E-state index in [4.69, 9.17) is 12.2 Å². The number of rotatable bonds is 5. The lowest BCUT2D eigenvalue weighted by Gasteiger charge is -2.31. The van der Waals surface area contributed by atoms with Crippen molar-refractivity contribution in [2.75, 3.05) is 19.6 Å². The molecule has 80 valence electrons. The Hall–Kier alpha value is -1.01. The van der Waals surface area contributed by atoms with Crippen LogP contribution in [-0.4, -0.2) is 30.4 Å². The first kappa shape index (κ1) is 13.0. The first-order chi connectivity index (χ1) is 6.55. The van der Waals surface area contributed by atoms with Gasteiger partial charge in [-0.25, -0.2) is 0 Å². The van der Waals surface area contributed by atoms with E-state index in [0.29, 0.717) is 19.6 Å². The van der Waals surface area contributed by atoms with E-state index in [1.54, 1.807) is 4.90 Å².